The van der Waals surface area contributed by atoms with Crippen molar-refractivity contribution < 1.29 is 64.6 Å². The number of amides is 1. The first-order valence-corrected chi connectivity index (χ1v) is 35.6. The summed E-state index contributed by atoms with van der Waals surface area (Å²) in [4.78, 5) is 13.3. The highest BCUT2D eigenvalue weighted by atomic mass is 16.7. The minimum absolute atomic E-state index is 0.233. The van der Waals surface area contributed by atoms with Gasteiger partial charge in [0.25, 0.3) is 0 Å². The molecule has 496 valence electrons. The third-order valence-electron chi connectivity index (χ3n) is 17.6. The monoisotopic (exact) mass is 1200 g/mol. The van der Waals surface area contributed by atoms with Crippen LogP contribution in [-0.2, 0) is 23.7 Å². The van der Waals surface area contributed by atoms with Crippen molar-refractivity contribution in [3.63, 3.8) is 0 Å². The van der Waals surface area contributed by atoms with E-state index in [9.17, 15) is 45.6 Å². The van der Waals surface area contributed by atoms with Gasteiger partial charge in [0.1, 0.15) is 48.8 Å². The summed E-state index contributed by atoms with van der Waals surface area (Å²) >= 11 is 0. The number of aliphatic hydroxyl groups is 8. The highest BCUT2D eigenvalue weighted by molar-refractivity contribution is 5.76. The van der Waals surface area contributed by atoms with Gasteiger partial charge < -0.3 is 65.1 Å². The number of unbranched alkanes of at least 4 members (excludes halogenated alkanes) is 44. The van der Waals surface area contributed by atoms with E-state index in [0.717, 1.165) is 38.5 Å². The predicted molar refractivity (Wildman–Crippen MR) is 342 cm³/mol. The zero-order valence-electron chi connectivity index (χ0n) is 53.9. The highest BCUT2D eigenvalue weighted by Gasteiger charge is 2.51. The van der Waals surface area contributed by atoms with Crippen LogP contribution in [0.5, 0.6) is 0 Å². The van der Waals surface area contributed by atoms with Crippen LogP contribution in [0.1, 0.15) is 322 Å². The summed E-state index contributed by atoms with van der Waals surface area (Å²) < 4.78 is 22.9. The van der Waals surface area contributed by atoms with Crippen LogP contribution in [0.3, 0.4) is 0 Å². The molecule has 2 fully saturated rings. The Labute approximate surface area is 513 Å². The maximum Gasteiger partial charge on any atom is 0.220 e. The fraction of sp³-hybridized carbons (Fsp3) is 0.929. The largest absolute Gasteiger partial charge is 0.394 e. The van der Waals surface area contributed by atoms with E-state index < -0.39 is 86.8 Å². The summed E-state index contributed by atoms with van der Waals surface area (Å²) in [6, 6.07) is -0.913. The Morgan fingerprint density at radius 1 is 0.417 bits per heavy atom. The van der Waals surface area contributed by atoms with Gasteiger partial charge in [-0.1, -0.05) is 295 Å². The molecule has 14 nitrogen and oxygen atoms in total. The molecule has 0 bridgehead atoms. The number of aliphatic hydroxyl groups excluding tert-OH is 8. The Balaban J connectivity index is 1.68. The molecule has 2 rings (SSSR count). The van der Waals surface area contributed by atoms with Gasteiger partial charge in [-0.3, -0.25) is 4.79 Å². The lowest BCUT2D eigenvalue weighted by Gasteiger charge is -2.46. The van der Waals surface area contributed by atoms with Gasteiger partial charge in [0, 0.05) is 6.42 Å². The second kappa shape index (κ2) is 55.5. The van der Waals surface area contributed by atoms with E-state index in [2.05, 4.69) is 31.3 Å². The lowest BCUT2D eigenvalue weighted by atomic mass is 9.97. The van der Waals surface area contributed by atoms with E-state index in [1.165, 1.54) is 257 Å². The minimum atomic E-state index is -1.79. The number of ether oxygens (including phenoxy) is 4. The average Bonchev–Trinajstić information content (AvgIpc) is 3.62. The molecule has 2 saturated heterocycles. The molecule has 9 N–H and O–H groups in total. The SMILES string of the molecule is CCCCCCCCCC/C=C\CCCCCCCCCCCCCCCCCC(=O)NC(COC1OC(CO)C(OC2OC(CO)C(O)C(O)C2O)C(O)C1O)C(O)/C=C/CCCCCCCCCCCCCCCCCCCCCCC. The summed E-state index contributed by atoms with van der Waals surface area (Å²) in [5, 5.41) is 87.5. The first-order chi connectivity index (χ1) is 41.1. The Kier molecular flexibility index (Phi) is 51.9. The van der Waals surface area contributed by atoms with Crippen LogP contribution in [0.2, 0.25) is 0 Å². The average molecular weight is 1200 g/mol. The molecule has 2 aliphatic rings. The van der Waals surface area contributed by atoms with Gasteiger partial charge in [0.2, 0.25) is 5.91 Å². The summed E-state index contributed by atoms with van der Waals surface area (Å²) in [7, 11) is 0. The Hall–Kier alpha value is -1.53. The Morgan fingerprint density at radius 2 is 0.750 bits per heavy atom. The van der Waals surface area contributed by atoms with Crippen molar-refractivity contribution in [2.45, 2.75) is 396 Å². The fourth-order valence-electron chi connectivity index (χ4n) is 11.9. The topological polar surface area (TPSA) is 228 Å². The molecule has 0 aromatic rings. The van der Waals surface area contributed by atoms with E-state index in [4.69, 9.17) is 18.9 Å². The lowest BCUT2D eigenvalue weighted by molar-refractivity contribution is -0.359. The van der Waals surface area contributed by atoms with Crippen LogP contribution in [0.15, 0.2) is 24.3 Å². The normalized spacial score (nSPS) is 23.7. The molecule has 0 saturated carbocycles. The minimum Gasteiger partial charge on any atom is -0.394 e. The standard InChI is InChI=1S/C70H133NO13/c1-3-5-7-9-11-13-15-17-19-21-23-25-27-28-29-30-32-34-36-38-40-42-44-46-48-50-52-54-62(75)71-58(57-81-69-67(80)65(78)68(61(56-73)83-69)84-70-66(79)64(77)63(76)60(55-72)82-70)59(74)53-51-49-47-45-43-41-39-37-35-33-31-26-24-22-20-18-16-14-12-10-8-6-4-2/h21,23,51,53,58-61,63-70,72-74,76-80H,3-20,22,24-50,52,54-57H2,1-2H3,(H,71,75)/b23-21-,53-51+. The van der Waals surface area contributed by atoms with Gasteiger partial charge in [0.05, 0.1) is 32.0 Å². The Bertz CT molecular complexity index is 1500. The number of carbonyl (C=O) groups is 1. The van der Waals surface area contributed by atoms with Crippen molar-refractivity contribution in [1.82, 2.24) is 5.32 Å². The van der Waals surface area contributed by atoms with E-state index >= 15 is 0 Å². The quantitative estimate of drug-likeness (QED) is 0.0204. The molecule has 14 heteroatoms. The van der Waals surface area contributed by atoms with Crippen LogP contribution in [0, 0.1) is 0 Å². The third-order valence-corrected chi connectivity index (χ3v) is 17.6. The molecule has 0 radical (unpaired) electrons. The fourth-order valence-corrected chi connectivity index (χ4v) is 11.9. The number of hydrogen-bond donors (Lipinski definition) is 9. The van der Waals surface area contributed by atoms with Crippen LogP contribution >= 0.6 is 0 Å². The van der Waals surface area contributed by atoms with Gasteiger partial charge in [0.15, 0.2) is 12.6 Å². The molecule has 84 heavy (non-hydrogen) atoms. The zero-order chi connectivity index (χ0) is 60.9. The molecule has 0 aliphatic carbocycles. The molecule has 0 aromatic carbocycles. The second-order valence-corrected chi connectivity index (χ2v) is 25.4. The third kappa shape index (κ3) is 39.5. The number of nitrogens with one attached hydrogen (secondary N) is 1. The molecule has 12 atom stereocenters. The number of hydrogen-bond acceptors (Lipinski definition) is 13. The highest BCUT2D eigenvalue weighted by Crippen LogP contribution is 2.30. The van der Waals surface area contributed by atoms with Gasteiger partial charge >= 0.3 is 0 Å². The number of allylic oxidation sites excluding steroid dienone is 3. The molecule has 0 spiro atoms. The van der Waals surface area contributed by atoms with Crippen LogP contribution in [0.4, 0.5) is 0 Å². The maximum absolute atomic E-state index is 13.3. The molecule has 12 unspecified atom stereocenters. The molecule has 0 aromatic heterocycles. The van der Waals surface area contributed by atoms with Crippen LogP contribution in [0.25, 0.3) is 0 Å². The van der Waals surface area contributed by atoms with Gasteiger partial charge in [-0.2, -0.15) is 0 Å². The van der Waals surface area contributed by atoms with Gasteiger partial charge in [-0.15, -0.1) is 0 Å². The van der Waals surface area contributed by atoms with Crippen molar-refractivity contribution in [2.75, 3.05) is 19.8 Å². The second-order valence-electron chi connectivity index (χ2n) is 25.4. The van der Waals surface area contributed by atoms with E-state index in [0.29, 0.717) is 6.42 Å². The molecule has 1 amide bonds. The Morgan fingerprint density at radius 3 is 1.13 bits per heavy atom. The summed E-state index contributed by atoms with van der Waals surface area (Å²) in [6.07, 6.45) is 52.3. The molecular weight excluding hydrogens is 1060 g/mol. The van der Waals surface area contributed by atoms with Crippen molar-refractivity contribution >= 4 is 5.91 Å². The van der Waals surface area contributed by atoms with Crippen LogP contribution < -0.4 is 5.32 Å². The number of carbonyl (C=O) groups excluding carboxylic acids is 1. The van der Waals surface area contributed by atoms with E-state index in [1.54, 1.807) is 6.08 Å². The van der Waals surface area contributed by atoms with E-state index in [1.807, 2.05) is 6.08 Å². The lowest BCUT2D eigenvalue weighted by Crippen LogP contribution is -2.65. The van der Waals surface area contributed by atoms with Gasteiger partial charge in [-0.25, -0.2) is 0 Å². The van der Waals surface area contributed by atoms with Crippen molar-refractivity contribution in [3.8, 4) is 0 Å². The summed E-state index contributed by atoms with van der Waals surface area (Å²) in [5.41, 5.74) is 0. The summed E-state index contributed by atoms with van der Waals surface area (Å²) in [6.45, 7) is 2.85. The maximum atomic E-state index is 13.3. The van der Waals surface area contributed by atoms with Crippen molar-refractivity contribution in [3.05, 3.63) is 24.3 Å². The zero-order valence-corrected chi connectivity index (χ0v) is 53.9. The molecular formula is C70H133NO13. The summed E-state index contributed by atoms with van der Waals surface area (Å²) in [5.74, 6) is -0.233. The van der Waals surface area contributed by atoms with Gasteiger partial charge in [-0.05, 0) is 44.9 Å². The number of rotatable bonds is 59. The predicted octanol–water partition coefficient (Wildman–Crippen LogP) is 14.3. The smallest absolute Gasteiger partial charge is 0.220 e. The molecule has 2 heterocycles. The molecule has 2 aliphatic heterocycles. The van der Waals surface area contributed by atoms with Crippen LogP contribution in [-0.4, -0.2) is 140 Å². The first-order valence-electron chi connectivity index (χ1n) is 35.6. The van der Waals surface area contributed by atoms with Crippen molar-refractivity contribution in [2.24, 2.45) is 0 Å². The van der Waals surface area contributed by atoms with E-state index in [-0.39, 0.29) is 18.9 Å². The first kappa shape index (κ1) is 78.6. The van der Waals surface area contributed by atoms with Crippen molar-refractivity contribution in [1.29, 1.82) is 0 Å².